The van der Waals surface area contributed by atoms with Crippen LogP contribution in [0.5, 0.6) is 0 Å². The normalized spacial score (nSPS) is 21.9. The molecule has 6 aliphatic rings. The Balaban J connectivity index is 1.12. The van der Waals surface area contributed by atoms with E-state index in [1.807, 2.05) is 0 Å². The Bertz CT molecular complexity index is 2630. The number of hydrogen-bond acceptors (Lipinski definition) is 0. The van der Waals surface area contributed by atoms with Crippen molar-refractivity contribution in [3.63, 3.8) is 0 Å². The molecule has 0 spiro atoms. The van der Waals surface area contributed by atoms with Gasteiger partial charge in [-0.2, -0.15) is 0 Å². The lowest BCUT2D eigenvalue weighted by Crippen LogP contribution is -2.38. The van der Waals surface area contributed by atoms with E-state index < -0.39 is 0 Å². The van der Waals surface area contributed by atoms with E-state index >= 15 is 0 Å². The van der Waals surface area contributed by atoms with Crippen molar-refractivity contribution >= 4 is 46.1 Å². The van der Waals surface area contributed by atoms with Crippen LogP contribution in [0.2, 0.25) is 0 Å². The Morgan fingerprint density at radius 1 is 0.592 bits per heavy atom. The van der Waals surface area contributed by atoms with Crippen LogP contribution in [0.1, 0.15) is 113 Å². The van der Waals surface area contributed by atoms with Gasteiger partial charge in [-0.3, -0.25) is 0 Å². The van der Waals surface area contributed by atoms with Crippen molar-refractivity contribution in [2.45, 2.75) is 90.4 Å². The first-order valence-corrected chi connectivity index (χ1v) is 18.8. The topological polar surface area (TPSA) is 0 Å². The van der Waals surface area contributed by atoms with Gasteiger partial charge < -0.3 is 0 Å². The van der Waals surface area contributed by atoms with E-state index in [1.165, 1.54) is 75.8 Å². The summed E-state index contributed by atoms with van der Waals surface area (Å²) >= 11 is 0. The highest BCUT2D eigenvalue weighted by Crippen LogP contribution is 2.57. The average Bonchev–Trinajstić information content (AvgIpc) is 3.49. The molecular weight excluding hydrogens is 589 g/mol. The average molecular weight is 635 g/mol. The van der Waals surface area contributed by atoms with Gasteiger partial charge in [0.05, 0.1) is 0 Å². The second kappa shape index (κ2) is 10.3. The highest BCUT2D eigenvalue weighted by molar-refractivity contribution is 5.92. The minimum Gasteiger partial charge on any atom is -0.0760 e. The highest BCUT2D eigenvalue weighted by atomic mass is 14.5. The van der Waals surface area contributed by atoms with Crippen LogP contribution in [0.4, 0.5) is 0 Å². The molecule has 49 heavy (non-hydrogen) atoms. The summed E-state index contributed by atoms with van der Waals surface area (Å²) < 4.78 is 0. The molecule has 0 heteroatoms. The molecule has 10 rings (SSSR count). The van der Waals surface area contributed by atoms with Crippen LogP contribution in [0.25, 0.3) is 46.1 Å². The summed E-state index contributed by atoms with van der Waals surface area (Å²) in [6.07, 6.45) is 18.1. The third-order valence-corrected chi connectivity index (χ3v) is 13.4. The standard InChI is InChI=1S/C49H46/c1-29-18-21-38(35-15-9-8-13-32(29)35)39-24-23-33(36-16-10-11-17-37(36)39)31-19-22-40-41-27-46-42(28-45(41)49(4,5)44(40)26-31)47-34-14-7-6-12-30(34)20-25-43(47)48(46,2)3/h6-9,12-17,20,23-24,26-28,43H,10-11,18-19,21-22,25H2,1-5H3. The second-order valence-electron chi connectivity index (χ2n) is 16.6. The minimum atomic E-state index is -0.0275. The van der Waals surface area contributed by atoms with Crippen LogP contribution in [0.3, 0.4) is 0 Å². The van der Waals surface area contributed by atoms with Crippen molar-refractivity contribution in [2.75, 3.05) is 0 Å². The Kier molecular flexibility index (Phi) is 6.20. The summed E-state index contributed by atoms with van der Waals surface area (Å²) in [5.41, 5.74) is 18.4. The van der Waals surface area contributed by atoms with E-state index in [1.54, 1.807) is 22.3 Å². The highest BCUT2D eigenvalue weighted by Gasteiger charge is 2.47. The molecule has 0 bridgehead atoms. The van der Waals surface area contributed by atoms with Gasteiger partial charge in [0.1, 0.15) is 0 Å². The molecule has 0 fully saturated rings. The molecule has 0 saturated carbocycles. The first kappa shape index (κ1) is 29.5. The van der Waals surface area contributed by atoms with Gasteiger partial charge in [0, 0.05) is 5.41 Å². The van der Waals surface area contributed by atoms with Crippen LogP contribution in [0, 0.1) is 5.92 Å². The summed E-state index contributed by atoms with van der Waals surface area (Å²) in [7, 11) is 0. The van der Waals surface area contributed by atoms with Gasteiger partial charge in [-0.05, 0) is 168 Å². The number of rotatable bonds is 2. The zero-order valence-electron chi connectivity index (χ0n) is 29.8. The summed E-state index contributed by atoms with van der Waals surface area (Å²) in [6.45, 7) is 12.3. The largest absolute Gasteiger partial charge is 0.0760 e. The molecule has 4 aromatic rings. The van der Waals surface area contributed by atoms with Gasteiger partial charge in [-0.25, -0.2) is 0 Å². The molecule has 6 aliphatic carbocycles. The van der Waals surface area contributed by atoms with E-state index in [9.17, 15) is 0 Å². The van der Waals surface area contributed by atoms with Crippen LogP contribution in [0.15, 0.2) is 84.4 Å². The molecular formula is C49H46. The number of hydrogen-bond donors (Lipinski definition) is 0. The first-order chi connectivity index (χ1) is 23.7. The fraction of sp³-hybridized carbons (Fsp3) is 0.306. The SMILES string of the molecule is CC1=c2ccccc2=C(c2ccc(C3=CC4=C(CC3)c3cc5c(cc3C4(C)C)C3=c4ccccc4=CCC3C5(C)C)c3c2=CCCC=3)CC1. The van der Waals surface area contributed by atoms with Crippen molar-refractivity contribution < 1.29 is 0 Å². The maximum absolute atomic E-state index is 2.64. The van der Waals surface area contributed by atoms with Crippen molar-refractivity contribution in [1.29, 1.82) is 0 Å². The van der Waals surface area contributed by atoms with Crippen molar-refractivity contribution in [3.05, 3.63) is 149 Å². The molecule has 0 amide bonds. The molecule has 0 heterocycles. The predicted octanol–water partition coefficient (Wildman–Crippen LogP) is 7.42. The van der Waals surface area contributed by atoms with Gasteiger partial charge in [-0.1, -0.05) is 118 Å². The molecule has 0 aliphatic heterocycles. The van der Waals surface area contributed by atoms with Crippen LogP contribution in [-0.2, 0) is 10.8 Å². The molecule has 242 valence electrons. The van der Waals surface area contributed by atoms with E-state index in [0.29, 0.717) is 5.92 Å². The van der Waals surface area contributed by atoms with Gasteiger partial charge in [0.15, 0.2) is 0 Å². The van der Waals surface area contributed by atoms with Crippen LogP contribution in [-0.4, -0.2) is 0 Å². The summed E-state index contributed by atoms with van der Waals surface area (Å²) in [5.74, 6) is 0.541. The van der Waals surface area contributed by atoms with Gasteiger partial charge in [0.25, 0.3) is 0 Å². The maximum atomic E-state index is 2.64. The summed E-state index contributed by atoms with van der Waals surface area (Å²) in [4.78, 5) is 0. The smallest absolute Gasteiger partial charge is 0.0155 e. The Hall–Kier alpha value is -4.42. The van der Waals surface area contributed by atoms with Crippen molar-refractivity contribution in [1.82, 2.24) is 0 Å². The molecule has 0 radical (unpaired) electrons. The summed E-state index contributed by atoms with van der Waals surface area (Å²) in [5, 5.41) is 8.67. The fourth-order valence-corrected chi connectivity index (χ4v) is 10.7. The molecule has 0 saturated heterocycles. The Morgan fingerprint density at radius 2 is 1.27 bits per heavy atom. The lowest BCUT2D eigenvalue weighted by atomic mass is 9.74. The third-order valence-electron chi connectivity index (χ3n) is 13.4. The predicted molar refractivity (Wildman–Crippen MR) is 208 cm³/mol. The lowest BCUT2D eigenvalue weighted by molar-refractivity contribution is 0.419. The van der Waals surface area contributed by atoms with Gasteiger partial charge >= 0.3 is 0 Å². The molecule has 1 atom stereocenters. The van der Waals surface area contributed by atoms with Crippen LogP contribution >= 0.6 is 0 Å². The number of fused-ring (bicyclic) bond motifs is 8. The van der Waals surface area contributed by atoms with Crippen molar-refractivity contribution in [2.24, 2.45) is 5.92 Å². The van der Waals surface area contributed by atoms with E-state index in [2.05, 4.69) is 132 Å². The molecule has 0 N–H and O–H groups in total. The second-order valence-corrected chi connectivity index (χ2v) is 16.6. The molecule has 1 unspecified atom stereocenters. The zero-order valence-corrected chi connectivity index (χ0v) is 29.8. The number of benzene rings is 4. The molecule has 4 aromatic carbocycles. The maximum Gasteiger partial charge on any atom is 0.0155 e. The van der Waals surface area contributed by atoms with E-state index in [0.717, 1.165) is 44.9 Å². The minimum absolute atomic E-state index is 0.0275. The van der Waals surface area contributed by atoms with Gasteiger partial charge in [0.2, 0.25) is 0 Å². The fourth-order valence-electron chi connectivity index (χ4n) is 10.7. The molecule has 0 aromatic heterocycles. The quantitative estimate of drug-likeness (QED) is 0.215. The Labute approximate surface area is 290 Å². The lowest BCUT2D eigenvalue weighted by Gasteiger charge is -2.29. The zero-order chi connectivity index (χ0) is 33.2. The van der Waals surface area contributed by atoms with Gasteiger partial charge in [-0.15, -0.1) is 0 Å². The number of allylic oxidation sites excluding steroid dienone is 4. The van der Waals surface area contributed by atoms with Crippen LogP contribution < -0.4 is 31.3 Å². The Morgan fingerprint density at radius 3 is 2.08 bits per heavy atom. The molecule has 0 nitrogen and oxygen atoms in total. The first-order valence-electron chi connectivity index (χ1n) is 18.8. The van der Waals surface area contributed by atoms with E-state index in [4.69, 9.17) is 0 Å². The monoisotopic (exact) mass is 634 g/mol. The van der Waals surface area contributed by atoms with Crippen molar-refractivity contribution in [3.8, 4) is 0 Å². The summed E-state index contributed by atoms with van der Waals surface area (Å²) in [6, 6.07) is 28.4. The van der Waals surface area contributed by atoms with E-state index in [-0.39, 0.29) is 10.8 Å². The third kappa shape index (κ3) is 4.04.